The number of hydrogen-bond acceptors (Lipinski definition) is 4. The van der Waals surface area contributed by atoms with E-state index in [2.05, 4.69) is 0 Å². The van der Waals surface area contributed by atoms with Gasteiger partial charge in [0.25, 0.3) is 0 Å². The van der Waals surface area contributed by atoms with Crippen LogP contribution in [0.4, 0.5) is 0 Å². The van der Waals surface area contributed by atoms with E-state index >= 15 is 0 Å². The number of amides is 1. The summed E-state index contributed by atoms with van der Waals surface area (Å²) in [7, 11) is 0. The van der Waals surface area contributed by atoms with Gasteiger partial charge in [0, 0.05) is 6.54 Å². The minimum absolute atomic E-state index is 0.0146. The van der Waals surface area contributed by atoms with E-state index in [9.17, 15) is 14.7 Å². The van der Waals surface area contributed by atoms with Crippen molar-refractivity contribution in [1.82, 2.24) is 4.90 Å². The van der Waals surface area contributed by atoms with Gasteiger partial charge in [0.05, 0.1) is 24.7 Å². The smallest absolute Gasteiger partial charge is 0.328 e. The van der Waals surface area contributed by atoms with E-state index < -0.39 is 23.7 Å². The van der Waals surface area contributed by atoms with Crippen LogP contribution in [0.15, 0.2) is 0 Å². The largest absolute Gasteiger partial charge is 0.480 e. The third kappa shape index (κ3) is 3.98. The SMILES string of the molecule is CC(C)(C)OC[C@@H](C(=O)O)N1CC(O)CC1=O. The summed E-state index contributed by atoms with van der Waals surface area (Å²) in [5, 5.41) is 18.4. The first-order chi connectivity index (χ1) is 7.70. The number of hydrogen-bond donors (Lipinski definition) is 2. The molecule has 0 aromatic carbocycles. The summed E-state index contributed by atoms with van der Waals surface area (Å²) < 4.78 is 5.39. The first-order valence-electron chi connectivity index (χ1n) is 5.55. The minimum atomic E-state index is -1.11. The molecule has 98 valence electrons. The maximum Gasteiger partial charge on any atom is 0.328 e. The average molecular weight is 245 g/mol. The Morgan fingerprint density at radius 3 is 2.53 bits per heavy atom. The third-order valence-electron chi connectivity index (χ3n) is 2.47. The summed E-state index contributed by atoms with van der Waals surface area (Å²) in [6.07, 6.45) is -0.793. The van der Waals surface area contributed by atoms with E-state index in [0.29, 0.717) is 0 Å². The fourth-order valence-electron chi connectivity index (χ4n) is 1.64. The molecule has 1 saturated heterocycles. The zero-order valence-electron chi connectivity index (χ0n) is 10.3. The van der Waals surface area contributed by atoms with Crippen LogP contribution in [0.25, 0.3) is 0 Å². The summed E-state index contributed by atoms with van der Waals surface area (Å²) in [6.45, 7) is 5.42. The third-order valence-corrected chi connectivity index (χ3v) is 2.47. The van der Waals surface area contributed by atoms with Crippen molar-refractivity contribution in [3.05, 3.63) is 0 Å². The predicted molar refractivity (Wildman–Crippen MR) is 59.5 cm³/mol. The fraction of sp³-hybridized carbons (Fsp3) is 0.818. The number of likely N-dealkylation sites (tertiary alicyclic amines) is 1. The Kier molecular flexibility index (Phi) is 4.11. The highest BCUT2D eigenvalue weighted by Crippen LogP contribution is 2.17. The molecule has 0 aromatic rings. The normalized spacial score (nSPS) is 22.9. The van der Waals surface area contributed by atoms with E-state index in [-0.39, 0.29) is 25.5 Å². The average Bonchev–Trinajstić information content (AvgIpc) is 2.43. The van der Waals surface area contributed by atoms with Crippen molar-refractivity contribution in [2.45, 2.75) is 44.9 Å². The van der Waals surface area contributed by atoms with E-state index in [1.54, 1.807) is 0 Å². The highest BCUT2D eigenvalue weighted by molar-refractivity contribution is 5.85. The molecule has 0 radical (unpaired) electrons. The molecule has 1 rings (SSSR count). The van der Waals surface area contributed by atoms with Crippen LogP contribution in [0.1, 0.15) is 27.2 Å². The summed E-state index contributed by atoms with van der Waals surface area (Å²) in [4.78, 5) is 23.8. The number of carboxylic acid groups (broad SMARTS) is 1. The van der Waals surface area contributed by atoms with Crippen LogP contribution in [0.5, 0.6) is 0 Å². The van der Waals surface area contributed by atoms with Crippen molar-refractivity contribution in [2.24, 2.45) is 0 Å². The van der Waals surface area contributed by atoms with Gasteiger partial charge in [-0.15, -0.1) is 0 Å². The number of ether oxygens (including phenoxy) is 1. The number of carbonyl (C=O) groups is 2. The Morgan fingerprint density at radius 1 is 1.59 bits per heavy atom. The molecule has 1 aliphatic rings. The van der Waals surface area contributed by atoms with Gasteiger partial charge in [-0.3, -0.25) is 4.79 Å². The van der Waals surface area contributed by atoms with Crippen molar-refractivity contribution in [3.63, 3.8) is 0 Å². The second kappa shape index (κ2) is 5.01. The van der Waals surface area contributed by atoms with Gasteiger partial charge in [0.15, 0.2) is 6.04 Å². The zero-order chi connectivity index (χ0) is 13.2. The molecule has 1 heterocycles. The molecule has 6 nitrogen and oxygen atoms in total. The number of carbonyl (C=O) groups excluding carboxylic acids is 1. The minimum Gasteiger partial charge on any atom is -0.480 e. The van der Waals surface area contributed by atoms with Crippen LogP contribution in [0, 0.1) is 0 Å². The monoisotopic (exact) mass is 245 g/mol. The van der Waals surface area contributed by atoms with Crippen molar-refractivity contribution >= 4 is 11.9 Å². The summed E-state index contributed by atoms with van der Waals surface area (Å²) >= 11 is 0. The number of rotatable bonds is 4. The number of carboxylic acids is 1. The van der Waals surface area contributed by atoms with E-state index in [4.69, 9.17) is 9.84 Å². The Morgan fingerprint density at radius 2 is 2.18 bits per heavy atom. The van der Waals surface area contributed by atoms with Gasteiger partial charge >= 0.3 is 5.97 Å². The van der Waals surface area contributed by atoms with E-state index in [0.717, 1.165) is 0 Å². The molecule has 1 aliphatic heterocycles. The first-order valence-corrected chi connectivity index (χ1v) is 5.55. The lowest BCUT2D eigenvalue weighted by molar-refractivity contribution is -0.153. The van der Waals surface area contributed by atoms with Crippen LogP contribution in [0.3, 0.4) is 0 Å². The first kappa shape index (κ1) is 13.9. The molecule has 0 bridgehead atoms. The Balaban J connectivity index is 2.67. The number of nitrogens with zero attached hydrogens (tertiary/aromatic N) is 1. The molecular formula is C11H19NO5. The van der Waals surface area contributed by atoms with Crippen LogP contribution in [-0.4, -0.2) is 57.9 Å². The molecule has 0 aromatic heterocycles. The van der Waals surface area contributed by atoms with Crippen molar-refractivity contribution in [3.8, 4) is 0 Å². The Labute approximate surface area is 100 Å². The van der Waals surface area contributed by atoms with Gasteiger partial charge in [0.2, 0.25) is 5.91 Å². The molecule has 0 saturated carbocycles. The van der Waals surface area contributed by atoms with Crippen LogP contribution >= 0.6 is 0 Å². The van der Waals surface area contributed by atoms with Gasteiger partial charge in [-0.05, 0) is 20.8 Å². The molecular weight excluding hydrogens is 226 g/mol. The lowest BCUT2D eigenvalue weighted by Crippen LogP contribution is -2.46. The van der Waals surface area contributed by atoms with Gasteiger partial charge in [0.1, 0.15) is 0 Å². The lowest BCUT2D eigenvalue weighted by atomic mass is 10.2. The molecule has 17 heavy (non-hydrogen) atoms. The summed E-state index contributed by atoms with van der Waals surface area (Å²) in [5.74, 6) is -1.46. The molecule has 0 aliphatic carbocycles. The van der Waals surface area contributed by atoms with E-state index in [1.165, 1.54) is 4.90 Å². The van der Waals surface area contributed by atoms with Crippen LogP contribution in [0.2, 0.25) is 0 Å². The van der Waals surface area contributed by atoms with E-state index in [1.807, 2.05) is 20.8 Å². The van der Waals surface area contributed by atoms with Gasteiger partial charge in [-0.2, -0.15) is 0 Å². The molecule has 1 unspecified atom stereocenters. The maximum absolute atomic E-state index is 11.5. The molecule has 1 fully saturated rings. The number of aliphatic hydroxyl groups is 1. The predicted octanol–water partition coefficient (Wildman–Crippen LogP) is -0.152. The molecule has 0 spiro atoms. The highest BCUT2D eigenvalue weighted by atomic mass is 16.5. The molecule has 2 N–H and O–H groups in total. The maximum atomic E-state index is 11.5. The summed E-state index contributed by atoms with van der Waals surface area (Å²) in [5.41, 5.74) is -0.463. The quantitative estimate of drug-likeness (QED) is 0.719. The number of β-amino-alcohol motifs (C(OH)–C–C–N with tert-alkyl or cyclic N) is 1. The molecule has 2 atom stereocenters. The second-order valence-corrected chi connectivity index (χ2v) is 5.18. The Bertz CT molecular complexity index is 309. The van der Waals surface area contributed by atoms with Crippen LogP contribution < -0.4 is 0 Å². The zero-order valence-corrected chi connectivity index (χ0v) is 10.3. The summed E-state index contributed by atoms with van der Waals surface area (Å²) in [6, 6.07) is -1.03. The Hall–Kier alpha value is -1.14. The van der Waals surface area contributed by atoms with Crippen molar-refractivity contribution in [1.29, 1.82) is 0 Å². The molecule has 6 heteroatoms. The van der Waals surface area contributed by atoms with Gasteiger partial charge < -0.3 is 19.8 Å². The van der Waals surface area contributed by atoms with Crippen molar-refractivity contribution < 1.29 is 24.5 Å². The topological polar surface area (TPSA) is 87.1 Å². The molecule has 1 amide bonds. The highest BCUT2D eigenvalue weighted by Gasteiger charge is 2.37. The van der Waals surface area contributed by atoms with Crippen LogP contribution in [-0.2, 0) is 14.3 Å². The standard InChI is InChI=1S/C11H19NO5/c1-11(2,3)17-6-8(10(15)16)12-5-7(13)4-9(12)14/h7-8,13H,4-6H2,1-3H3,(H,15,16)/t7?,8-/m0/s1. The fourth-order valence-corrected chi connectivity index (χ4v) is 1.64. The van der Waals surface area contributed by atoms with Gasteiger partial charge in [-0.25, -0.2) is 4.79 Å². The lowest BCUT2D eigenvalue weighted by Gasteiger charge is -2.28. The second-order valence-electron chi connectivity index (χ2n) is 5.18. The number of aliphatic carboxylic acids is 1. The number of aliphatic hydroxyl groups excluding tert-OH is 1. The van der Waals surface area contributed by atoms with Crippen molar-refractivity contribution in [2.75, 3.05) is 13.2 Å². The van der Waals surface area contributed by atoms with Gasteiger partial charge in [-0.1, -0.05) is 0 Å².